The Morgan fingerprint density at radius 1 is 1.30 bits per heavy atom. The Kier molecular flexibility index (Phi) is 6.06. The van der Waals surface area contributed by atoms with Gasteiger partial charge in [0.1, 0.15) is 19.1 Å². The molecule has 0 aliphatic carbocycles. The molecule has 1 aliphatic rings. The highest BCUT2D eigenvalue weighted by atomic mass is 19.1. The molecule has 1 saturated heterocycles. The molecular weight excluding hydrogens is 387 g/mol. The van der Waals surface area contributed by atoms with E-state index in [9.17, 15) is 9.18 Å². The molecule has 0 unspecified atom stereocenters. The van der Waals surface area contributed by atoms with Crippen LogP contribution < -0.4 is 5.32 Å². The van der Waals surface area contributed by atoms with Crippen LogP contribution in [0.3, 0.4) is 0 Å². The van der Waals surface area contributed by atoms with Crippen LogP contribution in [0.4, 0.5) is 15.0 Å². The minimum absolute atomic E-state index is 0.0303. The van der Waals surface area contributed by atoms with Gasteiger partial charge in [0.05, 0.1) is 6.54 Å². The van der Waals surface area contributed by atoms with Gasteiger partial charge < -0.3 is 15.0 Å². The molecule has 2 atom stereocenters. The van der Waals surface area contributed by atoms with Crippen LogP contribution >= 0.6 is 0 Å². The highest BCUT2D eigenvalue weighted by Gasteiger charge is 2.32. The van der Waals surface area contributed by atoms with Gasteiger partial charge in [-0.3, -0.25) is 4.40 Å². The number of aryl methyl sites for hydroxylation is 1. The van der Waals surface area contributed by atoms with E-state index in [1.807, 2.05) is 24.3 Å². The molecule has 0 saturated carbocycles. The highest BCUT2D eigenvalue weighted by Crippen LogP contribution is 2.22. The summed E-state index contributed by atoms with van der Waals surface area (Å²) >= 11 is 0. The number of nitrogens with zero attached hydrogens (tertiary/aromatic N) is 5. The molecule has 1 aromatic carbocycles. The quantitative estimate of drug-likeness (QED) is 0.670. The smallest absolute Gasteiger partial charge is 0.410 e. The lowest BCUT2D eigenvalue weighted by Gasteiger charge is -2.34. The maximum absolute atomic E-state index is 14.7. The number of fused-ring (bicyclic) bond motifs is 1. The molecule has 30 heavy (non-hydrogen) atoms. The predicted molar refractivity (Wildman–Crippen MR) is 110 cm³/mol. The van der Waals surface area contributed by atoms with Gasteiger partial charge in [0, 0.05) is 31.4 Å². The molecule has 3 heterocycles. The Balaban J connectivity index is 1.26. The summed E-state index contributed by atoms with van der Waals surface area (Å²) in [6.45, 7) is 3.18. The maximum atomic E-state index is 14.7. The van der Waals surface area contributed by atoms with Crippen molar-refractivity contribution in [1.29, 1.82) is 0 Å². The second-order valence-corrected chi connectivity index (χ2v) is 7.45. The molecule has 1 amide bonds. The molecule has 1 aliphatic heterocycles. The first-order valence-electron chi connectivity index (χ1n) is 10.2. The third kappa shape index (κ3) is 4.50. The van der Waals surface area contributed by atoms with Gasteiger partial charge in [0.2, 0.25) is 5.65 Å². The zero-order valence-corrected chi connectivity index (χ0v) is 16.9. The van der Waals surface area contributed by atoms with Gasteiger partial charge in [-0.15, -0.1) is 10.2 Å². The van der Waals surface area contributed by atoms with Crippen LogP contribution in [0.25, 0.3) is 5.65 Å². The average molecular weight is 412 g/mol. The van der Waals surface area contributed by atoms with E-state index in [1.54, 1.807) is 23.1 Å². The lowest BCUT2D eigenvalue weighted by Crippen LogP contribution is -2.46. The maximum Gasteiger partial charge on any atom is 0.410 e. The minimum atomic E-state index is -1.14. The van der Waals surface area contributed by atoms with Gasteiger partial charge in [0.15, 0.2) is 5.82 Å². The third-order valence-corrected chi connectivity index (χ3v) is 5.48. The Morgan fingerprint density at radius 2 is 2.10 bits per heavy atom. The zero-order chi connectivity index (χ0) is 20.9. The molecule has 8 nitrogen and oxygen atoms in total. The van der Waals surface area contributed by atoms with E-state index in [-0.39, 0.29) is 19.1 Å². The predicted octanol–water partition coefficient (Wildman–Crippen LogP) is 3.10. The first kappa shape index (κ1) is 20.1. The van der Waals surface area contributed by atoms with E-state index in [2.05, 4.69) is 27.4 Å². The summed E-state index contributed by atoms with van der Waals surface area (Å²) in [7, 11) is 0. The third-order valence-electron chi connectivity index (χ3n) is 5.48. The number of hydrogen-bond acceptors (Lipinski definition) is 6. The summed E-state index contributed by atoms with van der Waals surface area (Å²) in [5.41, 5.74) is 2.75. The van der Waals surface area contributed by atoms with E-state index in [1.165, 1.54) is 10.5 Å². The second kappa shape index (κ2) is 9.06. The average Bonchev–Trinajstić information content (AvgIpc) is 3.26. The summed E-state index contributed by atoms with van der Waals surface area (Å²) in [6.07, 6.45) is 4.87. The van der Waals surface area contributed by atoms with E-state index in [4.69, 9.17) is 4.74 Å². The molecule has 1 fully saturated rings. The number of likely N-dealkylation sites (tertiary alicyclic amines) is 1. The number of benzene rings is 1. The largest absolute Gasteiger partial charge is 0.445 e. The highest BCUT2D eigenvalue weighted by molar-refractivity contribution is 5.68. The fourth-order valence-corrected chi connectivity index (χ4v) is 3.57. The first-order chi connectivity index (χ1) is 14.6. The van der Waals surface area contributed by atoms with Gasteiger partial charge in [-0.25, -0.2) is 14.2 Å². The van der Waals surface area contributed by atoms with Gasteiger partial charge in [0.25, 0.3) is 0 Å². The first-order valence-corrected chi connectivity index (χ1v) is 10.2. The number of amides is 1. The van der Waals surface area contributed by atoms with Crippen LogP contribution in [-0.4, -0.2) is 56.4 Å². The number of aromatic nitrogens is 4. The normalized spacial score (nSPS) is 19.1. The molecule has 2 aromatic heterocycles. The Labute approximate surface area is 174 Å². The van der Waals surface area contributed by atoms with Crippen LogP contribution in [0.5, 0.6) is 0 Å². The van der Waals surface area contributed by atoms with Crippen LogP contribution in [-0.2, 0) is 17.8 Å². The number of carbonyl (C=O) groups is 1. The van der Waals surface area contributed by atoms with Crippen LogP contribution in [0.2, 0.25) is 0 Å². The van der Waals surface area contributed by atoms with Crippen molar-refractivity contribution in [3.05, 3.63) is 54.1 Å². The molecular formula is C21H25FN6O2. The molecule has 4 rings (SSSR count). The van der Waals surface area contributed by atoms with Crippen molar-refractivity contribution in [3.63, 3.8) is 0 Å². The SMILES string of the molecule is CCc1ccc(COC(=O)N2CC[C@H](CNc3nccn4cnnc34)[C@H](F)C2)cc1. The Hall–Kier alpha value is -3.23. The molecule has 0 bridgehead atoms. The topological polar surface area (TPSA) is 84.7 Å². The number of nitrogens with one attached hydrogen (secondary N) is 1. The number of anilines is 1. The van der Waals surface area contributed by atoms with E-state index in [0.717, 1.165) is 12.0 Å². The van der Waals surface area contributed by atoms with Crippen molar-refractivity contribution in [2.45, 2.75) is 32.5 Å². The van der Waals surface area contributed by atoms with Gasteiger partial charge in [-0.1, -0.05) is 31.2 Å². The summed E-state index contributed by atoms with van der Waals surface area (Å²) in [6, 6.07) is 7.94. The lowest BCUT2D eigenvalue weighted by molar-refractivity contribution is 0.0544. The van der Waals surface area contributed by atoms with Crippen molar-refractivity contribution in [1.82, 2.24) is 24.5 Å². The van der Waals surface area contributed by atoms with Gasteiger partial charge in [-0.05, 0) is 24.0 Å². The second-order valence-electron chi connectivity index (χ2n) is 7.45. The van der Waals surface area contributed by atoms with Crippen LogP contribution in [0.15, 0.2) is 43.0 Å². The Bertz CT molecular complexity index is 993. The molecule has 1 N–H and O–H groups in total. The fourth-order valence-electron chi connectivity index (χ4n) is 3.57. The Morgan fingerprint density at radius 3 is 2.87 bits per heavy atom. The summed E-state index contributed by atoms with van der Waals surface area (Å²) in [5, 5.41) is 11.0. The molecule has 158 valence electrons. The van der Waals surface area contributed by atoms with Crippen LogP contribution in [0, 0.1) is 5.92 Å². The summed E-state index contributed by atoms with van der Waals surface area (Å²) in [5.74, 6) is 0.346. The van der Waals surface area contributed by atoms with Crippen molar-refractivity contribution >= 4 is 17.6 Å². The number of alkyl halides is 1. The number of halogens is 1. The number of carbonyl (C=O) groups excluding carboxylic acids is 1. The summed E-state index contributed by atoms with van der Waals surface area (Å²) in [4.78, 5) is 18.0. The minimum Gasteiger partial charge on any atom is -0.445 e. The standard InChI is InChI=1S/C21H25FN6O2/c1-2-15-3-5-16(6-4-15)13-30-21(29)27-9-7-17(18(22)12-27)11-24-19-20-26-25-14-28(20)10-8-23-19/h3-6,8,10,14,17-18H,2,7,9,11-13H2,1H3,(H,23,24)/t17-,18-/m1/s1. The van der Waals surface area contributed by atoms with E-state index < -0.39 is 12.3 Å². The van der Waals surface area contributed by atoms with E-state index in [0.29, 0.717) is 31.0 Å². The number of rotatable bonds is 6. The number of piperidine rings is 1. The summed E-state index contributed by atoms with van der Waals surface area (Å²) < 4.78 is 21.8. The molecule has 0 spiro atoms. The van der Waals surface area contributed by atoms with Gasteiger partial charge in [-0.2, -0.15) is 0 Å². The molecule has 0 radical (unpaired) electrons. The fraction of sp³-hybridized carbons (Fsp3) is 0.429. The molecule has 3 aromatic rings. The monoisotopic (exact) mass is 412 g/mol. The van der Waals surface area contributed by atoms with Crippen molar-refractivity contribution in [3.8, 4) is 0 Å². The number of hydrogen-bond donors (Lipinski definition) is 1. The van der Waals surface area contributed by atoms with Crippen molar-refractivity contribution in [2.24, 2.45) is 5.92 Å². The van der Waals surface area contributed by atoms with Gasteiger partial charge >= 0.3 is 6.09 Å². The van der Waals surface area contributed by atoms with Crippen LogP contribution in [0.1, 0.15) is 24.5 Å². The van der Waals surface area contributed by atoms with Crippen molar-refractivity contribution in [2.75, 3.05) is 25.0 Å². The lowest BCUT2D eigenvalue weighted by atomic mass is 9.95. The zero-order valence-electron chi connectivity index (χ0n) is 16.9. The molecule has 9 heteroatoms. The number of ether oxygens (including phenoxy) is 1. The van der Waals surface area contributed by atoms with Crippen molar-refractivity contribution < 1.29 is 13.9 Å². The van der Waals surface area contributed by atoms with E-state index >= 15 is 0 Å².